The molecule has 1 amide bonds. The summed E-state index contributed by atoms with van der Waals surface area (Å²) in [5.74, 6) is -2.34. The minimum atomic E-state index is -2.66. The van der Waals surface area contributed by atoms with E-state index in [2.05, 4.69) is 23.6 Å². The van der Waals surface area contributed by atoms with Crippen molar-refractivity contribution in [1.29, 1.82) is 0 Å². The highest BCUT2D eigenvalue weighted by Crippen LogP contribution is 2.29. The van der Waals surface area contributed by atoms with E-state index in [-0.39, 0.29) is 31.8 Å². The molecule has 0 spiro atoms. The fourth-order valence-corrected chi connectivity index (χ4v) is 3.95. The lowest BCUT2D eigenvalue weighted by atomic mass is 10.1. The van der Waals surface area contributed by atoms with Gasteiger partial charge in [-0.15, -0.1) is 0 Å². The molecule has 2 aliphatic heterocycles. The van der Waals surface area contributed by atoms with Crippen LogP contribution < -0.4 is 4.74 Å². The number of hydrogen-bond donors (Lipinski definition) is 0. The molecule has 2 aliphatic rings. The fraction of sp³-hybridized carbons (Fsp3) is 0.682. The zero-order chi connectivity index (χ0) is 20.9. The van der Waals surface area contributed by atoms with Crippen LogP contribution in [0.25, 0.3) is 0 Å². The molecule has 2 fully saturated rings. The van der Waals surface area contributed by atoms with Crippen LogP contribution in [0, 0.1) is 0 Å². The first-order chi connectivity index (χ1) is 13.9. The standard InChI is InChI=1S/C22H33F2N3O2/c1-18(2)26-15-13-25(14-16-26)10-5-17-29-20-7-4-3-6-19(20)21(28)27-11-8-22(23,24)9-12-27/h3-4,6-7,18H,5,8-17H2,1-2H3. The lowest BCUT2D eigenvalue weighted by Gasteiger charge is -2.36. The summed E-state index contributed by atoms with van der Waals surface area (Å²) in [5, 5.41) is 0. The number of benzene rings is 1. The second-order valence-electron chi connectivity index (χ2n) is 8.32. The van der Waals surface area contributed by atoms with Crippen molar-refractivity contribution in [2.24, 2.45) is 0 Å². The van der Waals surface area contributed by atoms with Gasteiger partial charge >= 0.3 is 0 Å². The van der Waals surface area contributed by atoms with Crippen LogP contribution >= 0.6 is 0 Å². The Hall–Kier alpha value is -1.73. The quantitative estimate of drug-likeness (QED) is 0.647. The van der Waals surface area contributed by atoms with Gasteiger partial charge in [0.15, 0.2) is 0 Å². The molecular weight excluding hydrogens is 376 g/mol. The Labute approximate surface area is 172 Å². The van der Waals surface area contributed by atoms with Gasteiger partial charge in [0.25, 0.3) is 11.8 Å². The summed E-state index contributed by atoms with van der Waals surface area (Å²) < 4.78 is 32.7. The van der Waals surface area contributed by atoms with E-state index >= 15 is 0 Å². The molecule has 0 N–H and O–H groups in total. The summed E-state index contributed by atoms with van der Waals surface area (Å²) in [6, 6.07) is 7.72. The van der Waals surface area contributed by atoms with E-state index in [1.54, 1.807) is 18.2 Å². The van der Waals surface area contributed by atoms with Gasteiger partial charge in [-0.05, 0) is 32.4 Å². The topological polar surface area (TPSA) is 36.0 Å². The van der Waals surface area contributed by atoms with Crippen molar-refractivity contribution in [3.8, 4) is 5.75 Å². The summed E-state index contributed by atoms with van der Waals surface area (Å²) >= 11 is 0. The maximum Gasteiger partial charge on any atom is 0.257 e. The molecule has 1 aromatic rings. The number of carbonyl (C=O) groups excluding carboxylic acids is 1. The summed E-state index contributed by atoms with van der Waals surface area (Å²) in [5.41, 5.74) is 0.461. The van der Waals surface area contributed by atoms with Gasteiger partial charge in [-0.3, -0.25) is 9.69 Å². The van der Waals surface area contributed by atoms with E-state index < -0.39 is 5.92 Å². The van der Waals surface area contributed by atoms with Gasteiger partial charge in [-0.1, -0.05) is 12.1 Å². The fourth-order valence-electron chi connectivity index (χ4n) is 3.95. The van der Waals surface area contributed by atoms with Crippen molar-refractivity contribution < 1.29 is 18.3 Å². The zero-order valence-electron chi connectivity index (χ0n) is 17.6. The van der Waals surface area contributed by atoms with Gasteiger partial charge in [-0.2, -0.15) is 0 Å². The molecule has 2 saturated heterocycles. The van der Waals surface area contributed by atoms with Crippen molar-refractivity contribution in [3.05, 3.63) is 29.8 Å². The van der Waals surface area contributed by atoms with E-state index in [1.807, 2.05) is 6.07 Å². The van der Waals surface area contributed by atoms with Crippen LogP contribution in [-0.2, 0) is 0 Å². The number of rotatable bonds is 7. The van der Waals surface area contributed by atoms with E-state index in [0.29, 0.717) is 24.0 Å². The lowest BCUT2D eigenvalue weighted by Crippen LogP contribution is -2.49. The highest BCUT2D eigenvalue weighted by atomic mass is 19.3. The third kappa shape index (κ3) is 6.12. The molecule has 5 nitrogen and oxygen atoms in total. The summed E-state index contributed by atoms with van der Waals surface area (Å²) in [6.07, 6.45) is 0.345. The van der Waals surface area contributed by atoms with E-state index in [4.69, 9.17) is 4.74 Å². The first-order valence-corrected chi connectivity index (χ1v) is 10.7. The molecule has 0 saturated carbocycles. The van der Waals surface area contributed by atoms with Crippen LogP contribution in [0.15, 0.2) is 24.3 Å². The Morgan fingerprint density at radius 3 is 2.38 bits per heavy atom. The molecule has 29 heavy (non-hydrogen) atoms. The van der Waals surface area contributed by atoms with E-state index in [1.165, 1.54) is 4.90 Å². The molecule has 1 aromatic carbocycles. The SMILES string of the molecule is CC(C)N1CCN(CCCOc2ccccc2C(=O)N2CCC(F)(F)CC2)CC1. The lowest BCUT2D eigenvalue weighted by molar-refractivity contribution is -0.0494. The number of likely N-dealkylation sites (tertiary alicyclic amines) is 1. The summed E-state index contributed by atoms with van der Waals surface area (Å²) in [7, 11) is 0. The van der Waals surface area contributed by atoms with E-state index in [9.17, 15) is 13.6 Å². The Bertz CT molecular complexity index is 666. The van der Waals surface area contributed by atoms with Crippen LogP contribution in [0.4, 0.5) is 8.78 Å². The molecule has 7 heteroatoms. The normalized spacial score (nSPS) is 20.8. The Morgan fingerprint density at radius 2 is 1.72 bits per heavy atom. The van der Waals surface area contributed by atoms with Gasteiger partial charge in [0.05, 0.1) is 12.2 Å². The van der Waals surface area contributed by atoms with Crippen molar-refractivity contribution in [2.45, 2.75) is 45.1 Å². The molecule has 3 rings (SSSR count). The number of piperazine rings is 1. The largest absolute Gasteiger partial charge is 0.493 e. The predicted octanol–water partition coefficient (Wildman–Crippen LogP) is 3.35. The summed E-state index contributed by atoms with van der Waals surface area (Å²) in [6.45, 7) is 10.5. The average molecular weight is 410 g/mol. The van der Waals surface area contributed by atoms with E-state index in [0.717, 1.165) is 39.1 Å². The van der Waals surface area contributed by atoms with Crippen LogP contribution in [-0.4, -0.2) is 85.0 Å². The van der Waals surface area contributed by atoms with Crippen LogP contribution in [0.1, 0.15) is 43.5 Å². The number of nitrogens with zero attached hydrogens (tertiary/aromatic N) is 3. The Morgan fingerprint density at radius 1 is 1.07 bits per heavy atom. The van der Waals surface area contributed by atoms with Gasteiger partial charge < -0.3 is 14.5 Å². The molecule has 0 unspecified atom stereocenters. The number of halogens is 2. The molecule has 0 atom stereocenters. The van der Waals surface area contributed by atoms with Crippen molar-refractivity contribution in [3.63, 3.8) is 0 Å². The number of amides is 1. The van der Waals surface area contributed by atoms with Gasteiger partial charge in [0.1, 0.15) is 5.75 Å². The molecule has 2 heterocycles. The van der Waals surface area contributed by atoms with Gasteiger partial charge in [0, 0.05) is 64.7 Å². The first-order valence-electron chi connectivity index (χ1n) is 10.7. The summed E-state index contributed by atoms with van der Waals surface area (Å²) in [4.78, 5) is 19.2. The molecule has 0 radical (unpaired) electrons. The van der Waals surface area contributed by atoms with Gasteiger partial charge in [-0.25, -0.2) is 8.78 Å². The minimum Gasteiger partial charge on any atom is -0.493 e. The van der Waals surface area contributed by atoms with Crippen LogP contribution in [0.2, 0.25) is 0 Å². The molecular formula is C22H33F2N3O2. The van der Waals surface area contributed by atoms with Crippen molar-refractivity contribution in [2.75, 3.05) is 52.4 Å². The first kappa shape index (κ1) is 22.0. The number of para-hydroxylation sites is 1. The third-order valence-electron chi connectivity index (χ3n) is 5.91. The second kappa shape index (κ2) is 9.85. The third-order valence-corrected chi connectivity index (χ3v) is 5.91. The second-order valence-corrected chi connectivity index (χ2v) is 8.32. The number of carbonyl (C=O) groups is 1. The monoisotopic (exact) mass is 409 g/mol. The smallest absolute Gasteiger partial charge is 0.257 e. The van der Waals surface area contributed by atoms with Crippen LogP contribution in [0.5, 0.6) is 5.75 Å². The van der Waals surface area contributed by atoms with Gasteiger partial charge in [0.2, 0.25) is 0 Å². The highest BCUT2D eigenvalue weighted by molar-refractivity contribution is 5.97. The number of piperidine rings is 1. The van der Waals surface area contributed by atoms with Crippen LogP contribution in [0.3, 0.4) is 0 Å². The predicted molar refractivity (Wildman–Crippen MR) is 110 cm³/mol. The number of alkyl halides is 2. The van der Waals surface area contributed by atoms with Crippen molar-refractivity contribution >= 4 is 5.91 Å². The molecule has 0 aromatic heterocycles. The molecule has 0 aliphatic carbocycles. The highest BCUT2D eigenvalue weighted by Gasteiger charge is 2.36. The number of hydrogen-bond acceptors (Lipinski definition) is 4. The van der Waals surface area contributed by atoms with Crippen molar-refractivity contribution in [1.82, 2.24) is 14.7 Å². The Balaban J connectivity index is 1.45. The maximum atomic E-state index is 13.4. The maximum absolute atomic E-state index is 13.4. The molecule has 0 bridgehead atoms. The average Bonchev–Trinajstić information content (AvgIpc) is 2.71. The minimum absolute atomic E-state index is 0.0858. The Kier molecular flexibility index (Phi) is 7.46. The number of ether oxygens (including phenoxy) is 1. The molecule has 162 valence electrons. The zero-order valence-corrected chi connectivity index (χ0v) is 17.6.